The van der Waals surface area contributed by atoms with Crippen LogP contribution in [0.5, 0.6) is 0 Å². The summed E-state index contributed by atoms with van der Waals surface area (Å²) < 4.78 is 12.8. The predicted molar refractivity (Wildman–Crippen MR) is 75.0 cm³/mol. The van der Waals surface area contributed by atoms with E-state index >= 15 is 0 Å². The number of rotatable bonds is 2. The largest absolute Gasteiger partial charge is 0.359 e. The molecule has 2 N–H and O–H groups in total. The van der Waals surface area contributed by atoms with Crippen LogP contribution in [0.2, 0.25) is 0 Å². The molecule has 2 nitrogen and oxygen atoms in total. The van der Waals surface area contributed by atoms with Crippen LogP contribution in [0.3, 0.4) is 0 Å². The zero-order valence-electron chi connectivity index (χ0n) is 10.2. The van der Waals surface area contributed by atoms with Crippen molar-refractivity contribution in [2.24, 2.45) is 11.8 Å². The van der Waals surface area contributed by atoms with Gasteiger partial charge in [0.2, 0.25) is 0 Å². The molecule has 2 aliphatic carbocycles. The zero-order valence-corrected chi connectivity index (χ0v) is 11.0. The maximum atomic E-state index is 12.8. The Morgan fingerprint density at radius 2 is 1.94 bits per heavy atom. The molecule has 1 aromatic rings. The molecule has 0 aromatic heterocycles. The van der Waals surface area contributed by atoms with Gasteiger partial charge in [-0.3, -0.25) is 0 Å². The normalized spacial score (nSPS) is 29.3. The van der Waals surface area contributed by atoms with Crippen molar-refractivity contribution in [3.05, 3.63) is 30.1 Å². The maximum absolute atomic E-state index is 12.8. The van der Waals surface area contributed by atoms with Gasteiger partial charge in [-0.25, -0.2) is 4.39 Å². The molecule has 3 rings (SSSR count). The lowest BCUT2D eigenvalue weighted by molar-refractivity contribution is 0.392. The van der Waals surface area contributed by atoms with Crippen LogP contribution in [0.1, 0.15) is 25.7 Å². The van der Waals surface area contributed by atoms with Crippen molar-refractivity contribution < 1.29 is 4.39 Å². The number of hydrogen-bond donors (Lipinski definition) is 2. The molecule has 2 saturated carbocycles. The molecule has 3 atom stereocenters. The van der Waals surface area contributed by atoms with Gasteiger partial charge in [-0.1, -0.05) is 6.42 Å². The number of hydrogen-bond acceptors (Lipinski definition) is 1. The van der Waals surface area contributed by atoms with E-state index in [4.69, 9.17) is 12.2 Å². The third-order valence-corrected chi connectivity index (χ3v) is 4.38. The average molecular weight is 264 g/mol. The smallest absolute Gasteiger partial charge is 0.171 e. The summed E-state index contributed by atoms with van der Waals surface area (Å²) in [5, 5.41) is 7.16. The van der Waals surface area contributed by atoms with Crippen molar-refractivity contribution in [3.8, 4) is 0 Å². The van der Waals surface area contributed by atoms with Crippen LogP contribution in [-0.2, 0) is 0 Å². The predicted octanol–water partition coefficient (Wildman–Crippen LogP) is 3.30. The second-order valence-electron chi connectivity index (χ2n) is 5.39. The van der Waals surface area contributed by atoms with Crippen molar-refractivity contribution in [2.45, 2.75) is 31.7 Å². The highest BCUT2D eigenvalue weighted by Crippen LogP contribution is 2.44. The van der Waals surface area contributed by atoms with E-state index in [0.717, 1.165) is 17.5 Å². The van der Waals surface area contributed by atoms with E-state index in [1.54, 1.807) is 12.1 Å². The molecule has 0 radical (unpaired) electrons. The number of fused-ring (bicyclic) bond motifs is 2. The van der Waals surface area contributed by atoms with Gasteiger partial charge in [-0.2, -0.15) is 0 Å². The van der Waals surface area contributed by atoms with Gasteiger partial charge < -0.3 is 10.6 Å². The highest BCUT2D eigenvalue weighted by molar-refractivity contribution is 7.80. The first kappa shape index (κ1) is 11.9. The Morgan fingerprint density at radius 1 is 1.17 bits per heavy atom. The van der Waals surface area contributed by atoms with Crippen molar-refractivity contribution in [1.82, 2.24) is 5.32 Å². The van der Waals surface area contributed by atoms with Crippen molar-refractivity contribution >= 4 is 23.0 Å². The molecule has 0 spiro atoms. The molecule has 0 saturated heterocycles. The van der Waals surface area contributed by atoms with E-state index in [1.807, 2.05) is 0 Å². The summed E-state index contributed by atoms with van der Waals surface area (Å²) >= 11 is 5.31. The fourth-order valence-corrected chi connectivity index (χ4v) is 3.56. The average Bonchev–Trinajstić information content (AvgIpc) is 2.94. The maximum Gasteiger partial charge on any atom is 0.171 e. The molecule has 96 valence electrons. The Balaban J connectivity index is 1.54. The summed E-state index contributed by atoms with van der Waals surface area (Å²) in [5.74, 6) is 1.47. The van der Waals surface area contributed by atoms with Gasteiger partial charge in [0.05, 0.1) is 0 Å². The minimum atomic E-state index is -0.229. The summed E-state index contributed by atoms with van der Waals surface area (Å²) in [6.45, 7) is 0. The van der Waals surface area contributed by atoms with Crippen LogP contribution in [0.25, 0.3) is 0 Å². The molecule has 18 heavy (non-hydrogen) atoms. The highest BCUT2D eigenvalue weighted by atomic mass is 32.1. The number of nitrogens with one attached hydrogen (secondary N) is 2. The monoisotopic (exact) mass is 264 g/mol. The third kappa shape index (κ3) is 2.48. The molecule has 0 amide bonds. The lowest BCUT2D eigenvalue weighted by Gasteiger charge is -2.24. The van der Waals surface area contributed by atoms with E-state index < -0.39 is 0 Å². The Morgan fingerprint density at radius 3 is 2.56 bits per heavy atom. The van der Waals surface area contributed by atoms with Crippen LogP contribution in [0.4, 0.5) is 10.1 Å². The van der Waals surface area contributed by atoms with Gasteiger partial charge in [-0.15, -0.1) is 0 Å². The zero-order chi connectivity index (χ0) is 12.5. The standard InChI is InChI=1S/C14H17FN2S/c15-11-3-5-12(6-4-11)16-14(18)17-13-8-9-1-2-10(13)7-9/h3-6,9-10,13H,1-2,7-8H2,(H2,16,17,18)/t9-,10-,13+/m0/s1. The van der Waals surface area contributed by atoms with Crippen LogP contribution in [-0.4, -0.2) is 11.2 Å². The molecule has 0 aliphatic heterocycles. The molecule has 0 heterocycles. The first-order chi connectivity index (χ1) is 8.70. The topological polar surface area (TPSA) is 24.1 Å². The van der Waals surface area contributed by atoms with E-state index in [9.17, 15) is 4.39 Å². The van der Waals surface area contributed by atoms with Gasteiger partial charge >= 0.3 is 0 Å². The first-order valence-electron chi connectivity index (χ1n) is 6.54. The van der Waals surface area contributed by atoms with E-state index in [2.05, 4.69) is 10.6 Å². The fourth-order valence-electron chi connectivity index (χ4n) is 3.29. The summed E-state index contributed by atoms with van der Waals surface area (Å²) in [6.07, 6.45) is 5.33. The van der Waals surface area contributed by atoms with Crippen molar-refractivity contribution in [1.29, 1.82) is 0 Å². The highest BCUT2D eigenvalue weighted by Gasteiger charge is 2.39. The SMILES string of the molecule is Fc1ccc(NC(=S)N[C@@H]2C[C@H]3CC[C@H]2C3)cc1. The van der Waals surface area contributed by atoms with Gasteiger partial charge in [0.1, 0.15) is 5.82 Å². The minimum Gasteiger partial charge on any atom is -0.359 e. The summed E-state index contributed by atoms with van der Waals surface area (Å²) in [7, 11) is 0. The molecule has 2 aliphatic rings. The lowest BCUT2D eigenvalue weighted by atomic mass is 9.96. The van der Waals surface area contributed by atoms with Crippen LogP contribution in [0.15, 0.2) is 24.3 Å². The second kappa shape index (κ2) is 4.84. The van der Waals surface area contributed by atoms with E-state index in [1.165, 1.54) is 37.8 Å². The van der Waals surface area contributed by atoms with Gasteiger partial charge in [0.15, 0.2) is 5.11 Å². The van der Waals surface area contributed by atoms with Crippen LogP contribution >= 0.6 is 12.2 Å². The molecule has 2 fully saturated rings. The van der Waals surface area contributed by atoms with Crippen molar-refractivity contribution in [3.63, 3.8) is 0 Å². The molecule has 0 unspecified atom stereocenters. The summed E-state index contributed by atoms with van der Waals surface area (Å²) in [4.78, 5) is 0. The van der Waals surface area contributed by atoms with Gasteiger partial charge in [0, 0.05) is 11.7 Å². The first-order valence-corrected chi connectivity index (χ1v) is 6.94. The lowest BCUT2D eigenvalue weighted by Crippen LogP contribution is -2.40. The Labute approximate surface area is 112 Å². The van der Waals surface area contributed by atoms with Gasteiger partial charge in [-0.05, 0) is 67.6 Å². The van der Waals surface area contributed by atoms with Gasteiger partial charge in [0.25, 0.3) is 0 Å². The Hall–Kier alpha value is -1.16. The van der Waals surface area contributed by atoms with Crippen LogP contribution < -0.4 is 10.6 Å². The Bertz CT molecular complexity index is 446. The molecule has 1 aromatic carbocycles. The van der Waals surface area contributed by atoms with E-state index in [0.29, 0.717) is 11.2 Å². The van der Waals surface area contributed by atoms with Crippen molar-refractivity contribution in [2.75, 3.05) is 5.32 Å². The number of anilines is 1. The molecular weight excluding hydrogens is 247 g/mol. The number of thiocarbonyl (C=S) groups is 1. The van der Waals surface area contributed by atoms with E-state index in [-0.39, 0.29) is 5.82 Å². The quantitative estimate of drug-likeness (QED) is 0.801. The molecular formula is C14H17FN2S. The third-order valence-electron chi connectivity index (χ3n) is 4.16. The minimum absolute atomic E-state index is 0.229. The molecule has 2 bridgehead atoms. The summed E-state index contributed by atoms with van der Waals surface area (Å²) in [6, 6.07) is 6.79. The second-order valence-corrected chi connectivity index (χ2v) is 5.79. The summed E-state index contributed by atoms with van der Waals surface area (Å²) in [5.41, 5.74) is 0.831. The Kier molecular flexibility index (Phi) is 3.20. The number of benzene rings is 1. The molecule has 4 heteroatoms. The van der Waals surface area contributed by atoms with Crippen LogP contribution in [0, 0.1) is 17.7 Å². The fraction of sp³-hybridized carbons (Fsp3) is 0.500. The number of halogens is 1.